The standard InChI is InChI=1S/C15H23NO2/c1-12-7-5-8-13(16-12)9-6-10-18-14(17)11-15(2,3)4/h5,7-8H,6,9-11H2,1-4H3. The summed E-state index contributed by atoms with van der Waals surface area (Å²) in [7, 11) is 0. The zero-order valence-electron chi connectivity index (χ0n) is 11.8. The first kappa shape index (κ1) is 14.7. The van der Waals surface area contributed by atoms with E-state index in [1.54, 1.807) is 0 Å². The molecule has 1 heterocycles. The van der Waals surface area contributed by atoms with Crippen LogP contribution in [0.15, 0.2) is 18.2 Å². The number of ether oxygens (including phenoxy) is 1. The van der Waals surface area contributed by atoms with Gasteiger partial charge >= 0.3 is 5.97 Å². The highest BCUT2D eigenvalue weighted by Gasteiger charge is 2.16. The van der Waals surface area contributed by atoms with Crippen molar-refractivity contribution in [1.29, 1.82) is 0 Å². The van der Waals surface area contributed by atoms with Crippen LogP contribution in [0, 0.1) is 12.3 Å². The summed E-state index contributed by atoms with van der Waals surface area (Å²) in [5, 5.41) is 0. The van der Waals surface area contributed by atoms with E-state index in [0.717, 1.165) is 24.2 Å². The Kier molecular flexibility index (Phi) is 5.32. The maximum Gasteiger partial charge on any atom is 0.306 e. The van der Waals surface area contributed by atoms with Crippen LogP contribution in [0.2, 0.25) is 0 Å². The van der Waals surface area contributed by atoms with Crippen molar-refractivity contribution in [2.24, 2.45) is 5.41 Å². The first-order chi connectivity index (χ1) is 8.37. The Balaban J connectivity index is 2.21. The van der Waals surface area contributed by atoms with Crippen molar-refractivity contribution in [3.63, 3.8) is 0 Å². The Morgan fingerprint density at radius 1 is 1.33 bits per heavy atom. The summed E-state index contributed by atoms with van der Waals surface area (Å²) in [4.78, 5) is 15.9. The van der Waals surface area contributed by atoms with E-state index in [-0.39, 0.29) is 11.4 Å². The smallest absolute Gasteiger partial charge is 0.306 e. The van der Waals surface area contributed by atoms with Gasteiger partial charge in [0, 0.05) is 11.4 Å². The van der Waals surface area contributed by atoms with Crippen LogP contribution < -0.4 is 0 Å². The number of aromatic nitrogens is 1. The number of pyridine rings is 1. The van der Waals surface area contributed by atoms with Gasteiger partial charge in [-0.05, 0) is 37.3 Å². The fourth-order valence-corrected chi connectivity index (χ4v) is 1.66. The molecule has 0 N–H and O–H groups in total. The largest absolute Gasteiger partial charge is 0.466 e. The summed E-state index contributed by atoms with van der Waals surface area (Å²) in [5.41, 5.74) is 2.08. The molecule has 0 aliphatic carbocycles. The Bertz CT molecular complexity index is 394. The summed E-state index contributed by atoms with van der Waals surface area (Å²) < 4.78 is 5.20. The second-order valence-electron chi connectivity index (χ2n) is 5.83. The molecule has 0 spiro atoms. The van der Waals surface area contributed by atoms with E-state index in [4.69, 9.17) is 4.74 Å². The molecular formula is C15H23NO2. The van der Waals surface area contributed by atoms with Gasteiger partial charge in [-0.25, -0.2) is 0 Å². The molecule has 0 fully saturated rings. The van der Waals surface area contributed by atoms with Gasteiger partial charge in [-0.3, -0.25) is 9.78 Å². The molecule has 0 aromatic carbocycles. The number of hydrogen-bond donors (Lipinski definition) is 0. The van der Waals surface area contributed by atoms with Crippen LogP contribution in [0.3, 0.4) is 0 Å². The zero-order valence-corrected chi connectivity index (χ0v) is 11.8. The molecule has 18 heavy (non-hydrogen) atoms. The third-order valence-corrected chi connectivity index (χ3v) is 2.46. The average molecular weight is 249 g/mol. The van der Waals surface area contributed by atoms with Crippen LogP contribution >= 0.6 is 0 Å². The van der Waals surface area contributed by atoms with E-state index < -0.39 is 0 Å². The van der Waals surface area contributed by atoms with Crippen LogP contribution in [0.4, 0.5) is 0 Å². The lowest BCUT2D eigenvalue weighted by Gasteiger charge is -2.16. The third-order valence-electron chi connectivity index (χ3n) is 2.46. The molecule has 0 saturated carbocycles. The van der Waals surface area contributed by atoms with E-state index in [1.165, 1.54) is 0 Å². The number of hydrogen-bond acceptors (Lipinski definition) is 3. The Labute approximate surface area is 110 Å². The maximum absolute atomic E-state index is 11.5. The predicted molar refractivity (Wildman–Crippen MR) is 72.3 cm³/mol. The molecule has 100 valence electrons. The fourth-order valence-electron chi connectivity index (χ4n) is 1.66. The van der Waals surface area contributed by atoms with Gasteiger partial charge in [-0.1, -0.05) is 26.8 Å². The van der Waals surface area contributed by atoms with Crippen molar-refractivity contribution in [3.05, 3.63) is 29.6 Å². The first-order valence-corrected chi connectivity index (χ1v) is 6.45. The van der Waals surface area contributed by atoms with Crippen molar-refractivity contribution in [2.45, 2.75) is 47.0 Å². The summed E-state index contributed by atoms with van der Waals surface area (Å²) in [6, 6.07) is 5.99. The minimum absolute atomic E-state index is 0.00478. The van der Waals surface area contributed by atoms with E-state index in [2.05, 4.69) is 4.98 Å². The first-order valence-electron chi connectivity index (χ1n) is 6.45. The third kappa shape index (κ3) is 6.38. The molecule has 1 aromatic rings. The summed E-state index contributed by atoms with van der Waals surface area (Å²) in [5.74, 6) is -0.111. The number of rotatable bonds is 5. The molecule has 3 heteroatoms. The lowest BCUT2D eigenvalue weighted by molar-refractivity contribution is -0.145. The van der Waals surface area contributed by atoms with Gasteiger partial charge in [0.15, 0.2) is 0 Å². The number of nitrogens with zero attached hydrogens (tertiary/aromatic N) is 1. The molecule has 0 bridgehead atoms. The van der Waals surface area contributed by atoms with Crippen molar-refractivity contribution >= 4 is 5.97 Å². The van der Waals surface area contributed by atoms with Gasteiger partial charge in [0.05, 0.1) is 13.0 Å². The minimum atomic E-state index is -0.111. The van der Waals surface area contributed by atoms with Crippen molar-refractivity contribution in [1.82, 2.24) is 4.98 Å². The Hall–Kier alpha value is -1.38. The normalized spacial score (nSPS) is 11.3. The quantitative estimate of drug-likeness (QED) is 0.593. The van der Waals surface area contributed by atoms with Crippen LogP contribution in [0.5, 0.6) is 0 Å². The monoisotopic (exact) mass is 249 g/mol. The molecule has 0 aliphatic rings. The summed E-state index contributed by atoms with van der Waals surface area (Å²) in [6.07, 6.45) is 2.15. The van der Waals surface area contributed by atoms with Gasteiger partial charge in [0.2, 0.25) is 0 Å². The zero-order chi connectivity index (χ0) is 13.6. The Morgan fingerprint density at radius 3 is 2.67 bits per heavy atom. The molecule has 0 atom stereocenters. The number of carbonyl (C=O) groups excluding carboxylic acids is 1. The average Bonchev–Trinajstić information content (AvgIpc) is 2.22. The van der Waals surface area contributed by atoms with Gasteiger partial charge < -0.3 is 4.74 Å². The lowest BCUT2D eigenvalue weighted by atomic mass is 9.92. The van der Waals surface area contributed by atoms with Crippen molar-refractivity contribution < 1.29 is 9.53 Å². The summed E-state index contributed by atoms with van der Waals surface area (Å²) >= 11 is 0. The minimum Gasteiger partial charge on any atom is -0.466 e. The highest BCUT2D eigenvalue weighted by atomic mass is 16.5. The predicted octanol–water partition coefficient (Wildman–Crippen LogP) is 3.30. The topological polar surface area (TPSA) is 39.2 Å². The Morgan fingerprint density at radius 2 is 2.06 bits per heavy atom. The van der Waals surface area contributed by atoms with Gasteiger partial charge in [0.25, 0.3) is 0 Å². The second kappa shape index (κ2) is 6.53. The SMILES string of the molecule is Cc1cccc(CCCOC(=O)CC(C)(C)C)n1. The highest BCUT2D eigenvalue weighted by Crippen LogP contribution is 2.18. The lowest BCUT2D eigenvalue weighted by Crippen LogP contribution is -2.16. The van der Waals surface area contributed by atoms with E-state index in [9.17, 15) is 4.79 Å². The molecular weight excluding hydrogens is 226 g/mol. The van der Waals surface area contributed by atoms with E-state index in [1.807, 2.05) is 45.9 Å². The molecule has 1 aromatic heterocycles. The van der Waals surface area contributed by atoms with Crippen LogP contribution in [0.1, 0.15) is 45.0 Å². The molecule has 3 nitrogen and oxygen atoms in total. The van der Waals surface area contributed by atoms with E-state index >= 15 is 0 Å². The van der Waals surface area contributed by atoms with Gasteiger partial charge in [0.1, 0.15) is 0 Å². The molecule has 1 rings (SSSR count). The molecule has 0 radical (unpaired) electrons. The molecule has 0 amide bonds. The number of carbonyl (C=O) groups is 1. The van der Waals surface area contributed by atoms with Crippen molar-refractivity contribution in [3.8, 4) is 0 Å². The fraction of sp³-hybridized carbons (Fsp3) is 0.600. The maximum atomic E-state index is 11.5. The van der Waals surface area contributed by atoms with Crippen LogP contribution in [0.25, 0.3) is 0 Å². The van der Waals surface area contributed by atoms with Gasteiger partial charge in [-0.15, -0.1) is 0 Å². The van der Waals surface area contributed by atoms with Crippen LogP contribution in [-0.4, -0.2) is 17.6 Å². The highest BCUT2D eigenvalue weighted by molar-refractivity contribution is 5.70. The number of aryl methyl sites for hydroxylation is 2. The molecule has 0 aliphatic heterocycles. The second-order valence-corrected chi connectivity index (χ2v) is 5.83. The van der Waals surface area contributed by atoms with Crippen LogP contribution in [-0.2, 0) is 16.0 Å². The number of esters is 1. The molecule has 0 unspecified atom stereocenters. The summed E-state index contributed by atoms with van der Waals surface area (Å²) in [6.45, 7) is 8.55. The van der Waals surface area contributed by atoms with Gasteiger partial charge in [-0.2, -0.15) is 0 Å². The van der Waals surface area contributed by atoms with Crippen molar-refractivity contribution in [2.75, 3.05) is 6.61 Å². The molecule has 0 saturated heterocycles. The van der Waals surface area contributed by atoms with E-state index in [0.29, 0.717) is 13.0 Å².